The molecule has 0 spiro atoms. The summed E-state index contributed by atoms with van der Waals surface area (Å²) < 4.78 is 7.32. The molecule has 1 fully saturated rings. The Morgan fingerprint density at radius 2 is 1.45 bits per heavy atom. The number of benzene rings is 2. The molecule has 0 radical (unpaired) electrons. The zero-order valence-electron chi connectivity index (χ0n) is 18.4. The van der Waals surface area contributed by atoms with Gasteiger partial charge in [0.1, 0.15) is 12.4 Å². The fourth-order valence-electron chi connectivity index (χ4n) is 3.80. The van der Waals surface area contributed by atoms with E-state index in [9.17, 15) is 14.4 Å². The molecule has 4 rings (SSSR count). The number of nitrogens with zero attached hydrogens (tertiary/aromatic N) is 3. The van der Waals surface area contributed by atoms with Crippen LogP contribution in [0.3, 0.4) is 0 Å². The average molecular weight is 446 g/mol. The van der Waals surface area contributed by atoms with Gasteiger partial charge in [-0.1, -0.05) is 36.4 Å². The first-order valence-electron chi connectivity index (χ1n) is 11.1. The second kappa shape index (κ2) is 10.6. The molecule has 1 aliphatic rings. The minimum absolute atomic E-state index is 0.00207. The quantitative estimate of drug-likeness (QED) is 0.561. The van der Waals surface area contributed by atoms with Crippen LogP contribution in [0.4, 0.5) is 0 Å². The van der Waals surface area contributed by atoms with Crippen LogP contribution in [0, 0.1) is 0 Å². The van der Waals surface area contributed by atoms with E-state index in [2.05, 4.69) is 0 Å². The Labute approximate surface area is 192 Å². The van der Waals surface area contributed by atoms with Crippen molar-refractivity contribution in [2.24, 2.45) is 0 Å². The maximum atomic E-state index is 12.9. The van der Waals surface area contributed by atoms with Gasteiger partial charge in [-0.25, -0.2) is 0 Å². The number of ether oxygens (including phenoxy) is 1. The molecule has 3 aromatic rings. The zero-order chi connectivity index (χ0) is 23.0. The van der Waals surface area contributed by atoms with Gasteiger partial charge in [-0.3, -0.25) is 14.4 Å². The number of hydrogen-bond acceptors (Lipinski definition) is 4. The summed E-state index contributed by atoms with van der Waals surface area (Å²) in [5.74, 6) is 0.661. The molecule has 7 heteroatoms. The van der Waals surface area contributed by atoms with E-state index in [0.29, 0.717) is 50.6 Å². The van der Waals surface area contributed by atoms with Crippen LogP contribution in [-0.2, 0) is 17.9 Å². The lowest BCUT2D eigenvalue weighted by atomic mass is 10.1. The van der Waals surface area contributed by atoms with E-state index in [0.717, 1.165) is 5.56 Å². The van der Waals surface area contributed by atoms with Crippen LogP contribution in [0.2, 0.25) is 0 Å². The monoisotopic (exact) mass is 445 g/mol. The largest absolute Gasteiger partial charge is 0.489 e. The number of piperazine rings is 1. The summed E-state index contributed by atoms with van der Waals surface area (Å²) in [5.41, 5.74) is 1.57. The van der Waals surface area contributed by atoms with Crippen molar-refractivity contribution in [1.29, 1.82) is 0 Å². The normalized spacial score (nSPS) is 13.6. The molecule has 170 valence electrons. The second-order valence-corrected chi connectivity index (χ2v) is 7.95. The van der Waals surface area contributed by atoms with Gasteiger partial charge in [-0.15, -0.1) is 0 Å². The highest BCUT2D eigenvalue weighted by Gasteiger charge is 2.24. The highest BCUT2D eigenvalue weighted by Crippen LogP contribution is 2.16. The standard InChI is InChI=1S/C26H27N3O4/c30-24-8-4-5-14-27(24)15-13-25(31)28-16-18-29(19-17-28)26(32)22-9-11-23(12-10-22)33-20-21-6-2-1-3-7-21/h1-12,14H,13,15-20H2. The van der Waals surface area contributed by atoms with Crippen LogP contribution in [-0.4, -0.2) is 52.4 Å². The Morgan fingerprint density at radius 3 is 2.15 bits per heavy atom. The van der Waals surface area contributed by atoms with Gasteiger partial charge in [0.25, 0.3) is 11.5 Å². The third-order valence-electron chi connectivity index (χ3n) is 5.73. The number of amides is 2. The molecule has 0 unspecified atom stereocenters. The summed E-state index contributed by atoms with van der Waals surface area (Å²) in [6.07, 6.45) is 1.95. The highest BCUT2D eigenvalue weighted by atomic mass is 16.5. The average Bonchev–Trinajstić information content (AvgIpc) is 2.87. The number of carbonyl (C=O) groups is 2. The molecule has 2 aromatic carbocycles. The smallest absolute Gasteiger partial charge is 0.253 e. The van der Waals surface area contributed by atoms with E-state index in [-0.39, 0.29) is 23.8 Å². The molecular formula is C26H27N3O4. The lowest BCUT2D eigenvalue weighted by molar-refractivity contribution is -0.132. The fraction of sp³-hybridized carbons (Fsp3) is 0.269. The number of hydrogen-bond donors (Lipinski definition) is 0. The first kappa shape index (κ1) is 22.3. The zero-order valence-corrected chi connectivity index (χ0v) is 18.4. The highest BCUT2D eigenvalue weighted by molar-refractivity contribution is 5.94. The van der Waals surface area contributed by atoms with E-state index < -0.39 is 0 Å². The lowest BCUT2D eigenvalue weighted by Gasteiger charge is -2.35. The molecule has 1 aliphatic heterocycles. The lowest BCUT2D eigenvalue weighted by Crippen LogP contribution is -2.50. The minimum Gasteiger partial charge on any atom is -0.489 e. The van der Waals surface area contributed by atoms with Gasteiger partial charge in [-0.05, 0) is 35.9 Å². The summed E-state index contributed by atoms with van der Waals surface area (Å²) in [6, 6.07) is 22.0. The van der Waals surface area contributed by atoms with Crippen molar-refractivity contribution in [3.8, 4) is 5.75 Å². The first-order valence-corrected chi connectivity index (χ1v) is 11.1. The Hall–Kier alpha value is -3.87. The van der Waals surface area contributed by atoms with Crippen molar-refractivity contribution in [1.82, 2.24) is 14.4 Å². The van der Waals surface area contributed by atoms with Crippen LogP contribution in [0.25, 0.3) is 0 Å². The Balaban J connectivity index is 1.24. The van der Waals surface area contributed by atoms with Gasteiger partial charge in [-0.2, -0.15) is 0 Å². The predicted octanol–water partition coefficient (Wildman–Crippen LogP) is 2.80. The third kappa shape index (κ3) is 5.88. The summed E-state index contributed by atoms with van der Waals surface area (Å²) >= 11 is 0. The summed E-state index contributed by atoms with van der Waals surface area (Å²) in [6.45, 7) is 2.79. The molecular weight excluding hydrogens is 418 g/mol. The van der Waals surface area contributed by atoms with Gasteiger partial charge < -0.3 is 19.1 Å². The minimum atomic E-state index is -0.114. The summed E-state index contributed by atoms with van der Waals surface area (Å²) in [4.78, 5) is 40.7. The Bertz CT molecular complexity index is 1130. The second-order valence-electron chi connectivity index (χ2n) is 7.95. The van der Waals surface area contributed by atoms with Gasteiger partial charge in [0.05, 0.1) is 0 Å². The molecule has 1 aromatic heterocycles. The summed E-state index contributed by atoms with van der Waals surface area (Å²) in [5, 5.41) is 0. The van der Waals surface area contributed by atoms with Crippen LogP contribution < -0.4 is 10.3 Å². The number of carbonyl (C=O) groups excluding carboxylic acids is 2. The maximum Gasteiger partial charge on any atom is 0.253 e. The van der Waals surface area contributed by atoms with Crippen molar-refractivity contribution in [2.45, 2.75) is 19.6 Å². The van der Waals surface area contributed by atoms with E-state index in [4.69, 9.17) is 4.74 Å². The van der Waals surface area contributed by atoms with Crippen molar-refractivity contribution >= 4 is 11.8 Å². The van der Waals surface area contributed by atoms with Crippen LogP contribution >= 0.6 is 0 Å². The molecule has 1 saturated heterocycles. The fourth-order valence-corrected chi connectivity index (χ4v) is 3.80. The van der Waals surface area contributed by atoms with Gasteiger partial charge >= 0.3 is 0 Å². The first-order chi connectivity index (χ1) is 16.1. The number of rotatable bonds is 7. The van der Waals surface area contributed by atoms with Crippen LogP contribution in [0.1, 0.15) is 22.3 Å². The third-order valence-corrected chi connectivity index (χ3v) is 5.73. The molecule has 2 amide bonds. The molecule has 0 aliphatic carbocycles. The van der Waals surface area contributed by atoms with E-state index in [1.165, 1.54) is 10.6 Å². The van der Waals surface area contributed by atoms with Crippen molar-refractivity contribution in [3.05, 3.63) is 100 Å². The number of aryl methyl sites for hydroxylation is 1. The Kier molecular flexibility index (Phi) is 7.19. The molecule has 7 nitrogen and oxygen atoms in total. The van der Waals surface area contributed by atoms with Crippen molar-refractivity contribution < 1.29 is 14.3 Å². The molecule has 0 N–H and O–H groups in total. The van der Waals surface area contributed by atoms with Gasteiger partial charge in [0.2, 0.25) is 5.91 Å². The SMILES string of the molecule is O=C(CCn1ccccc1=O)N1CCN(C(=O)c2ccc(OCc3ccccc3)cc2)CC1. The summed E-state index contributed by atoms with van der Waals surface area (Å²) in [7, 11) is 0. The number of aromatic nitrogens is 1. The number of pyridine rings is 1. The molecule has 33 heavy (non-hydrogen) atoms. The molecule has 0 bridgehead atoms. The molecule has 0 saturated carbocycles. The molecule has 0 atom stereocenters. The van der Waals surface area contributed by atoms with Crippen LogP contribution in [0.15, 0.2) is 83.8 Å². The van der Waals surface area contributed by atoms with E-state index >= 15 is 0 Å². The van der Waals surface area contributed by atoms with Gasteiger partial charge in [0.15, 0.2) is 0 Å². The molecule has 2 heterocycles. The predicted molar refractivity (Wildman–Crippen MR) is 125 cm³/mol. The topological polar surface area (TPSA) is 71.9 Å². The van der Waals surface area contributed by atoms with E-state index in [1.54, 1.807) is 40.3 Å². The van der Waals surface area contributed by atoms with Crippen LogP contribution in [0.5, 0.6) is 5.75 Å². The Morgan fingerprint density at radius 1 is 0.788 bits per heavy atom. The maximum absolute atomic E-state index is 12.9. The van der Waals surface area contributed by atoms with Crippen molar-refractivity contribution in [2.75, 3.05) is 26.2 Å². The van der Waals surface area contributed by atoms with Crippen molar-refractivity contribution in [3.63, 3.8) is 0 Å². The van der Waals surface area contributed by atoms with E-state index in [1.807, 2.05) is 42.5 Å². The van der Waals surface area contributed by atoms with Gasteiger partial charge in [0, 0.05) is 57.0 Å².